The first kappa shape index (κ1) is 11.8. The van der Waals surface area contributed by atoms with Crippen LogP contribution >= 0.6 is 0 Å². The molecule has 0 aliphatic heterocycles. The molecule has 0 bridgehead atoms. The highest BCUT2D eigenvalue weighted by Crippen LogP contribution is 2.26. The van der Waals surface area contributed by atoms with Gasteiger partial charge in [0.2, 0.25) is 0 Å². The van der Waals surface area contributed by atoms with E-state index in [2.05, 4.69) is 4.98 Å². The molecule has 5 heteroatoms. The third-order valence-corrected chi connectivity index (χ3v) is 3.42. The zero-order valence-corrected chi connectivity index (χ0v) is 10.2. The van der Waals surface area contributed by atoms with Crippen LogP contribution in [0.4, 0.5) is 8.78 Å². The first-order valence-corrected chi connectivity index (χ1v) is 6.15. The lowest BCUT2D eigenvalue weighted by Crippen LogP contribution is -2.09. The van der Waals surface area contributed by atoms with Crippen LogP contribution in [-0.2, 0) is 12.8 Å². The standard InChI is InChI=1S/C14H11F2N3/c15-10-5-9(7-17)6-11(16)14(10)19-8-18-12-3-1-2-4-13(12)19/h5-6,8H,1-4H2. The Morgan fingerprint density at radius 1 is 1.16 bits per heavy atom. The van der Waals surface area contributed by atoms with Crippen molar-refractivity contribution in [3.05, 3.63) is 47.0 Å². The van der Waals surface area contributed by atoms with Crippen LogP contribution in [0.2, 0.25) is 0 Å². The van der Waals surface area contributed by atoms with Crippen LogP contribution in [0.5, 0.6) is 0 Å². The van der Waals surface area contributed by atoms with E-state index in [9.17, 15) is 8.78 Å². The zero-order chi connectivity index (χ0) is 13.4. The van der Waals surface area contributed by atoms with Gasteiger partial charge in [0.05, 0.1) is 23.7 Å². The van der Waals surface area contributed by atoms with Gasteiger partial charge >= 0.3 is 0 Å². The van der Waals surface area contributed by atoms with Gasteiger partial charge in [-0.2, -0.15) is 5.26 Å². The number of hydrogen-bond acceptors (Lipinski definition) is 2. The molecular weight excluding hydrogens is 248 g/mol. The molecule has 0 atom stereocenters. The van der Waals surface area contributed by atoms with Gasteiger partial charge in [0, 0.05) is 5.69 Å². The van der Waals surface area contributed by atoms with Gasteiger partial charge in [-0.1, -0.05) is 0 Å². The van der Waals surface area contributed by atoms with Crippen molar-refractivity contribution in [3.63, 3.8) is 0 Å². The molecule has 0 saturated heterocycles. The van der Waals surface area contributed by atoms with E-state index in [1.165, 1.54) is 10.9 Å². The summed E-state index contributed by atoms with van der Waals surface area (Å²) in [5.74, 6) is -1.47. The summed E-state index contributed by atoms with van der Waals surface area (Å²) in [7, 11) is 0. The Morgan fingerprint density at radius 3 is 2.53 bits per heavy atom. The molecule has 0 saturated carbocycles. The molecule has 0 spiro atoms. The molecule has 1 heterocycles. The van der Waals surface area contributed by atoms with Gasteiger partial charge < -0.3 is 0 Å². The predicted molar refractivity (Wildman–Crippen MR) is 64.8 cm³/mol. The summed E-state index contributed by atoms with van der Waals surface area (Å²) < 4.78 is 29.5. The van der Waals surface area contributed by atoms with Crippen LogP contribution in [0.1, 0.15) is 29.8 Å². The first-order chi connectivity index (χ1) is 9.20. The van der Waals surface area contributed by atoms with E-state index in [0.29, 0.717) is 0 Å². The van der Waals surface area contributed by atoms with Crippen molar-refractivity contribution in [1.29, 1.82) is 5.26 Å². The molecule has 0 unspecified atom stereocenters. The third-order valence-electron chi connectivity index (χ3n) is 3.42. The number of nitrogens with zero attached hydrogens (tertiary/aromatic N) is 3. The molecule has 2 aromatic rings. The normalized spacial score (nSPS) is 13.9. The summed E-state index contributed by atoms with van der Waals surface area (Å²) >= 11 is 0. The quantitative estimate of drug-likeness (QED) is 0.790. The van der Waals surface area contributed by atoms with Gasteiger partial charge in [0.25, 0.3) is 0 Å². The number of aromatic nitrogens is 2. The van der Waals surface area contributed by atoms with Crippen LogP contribution in [0.3, 0.4) is 0 Å². The van der Waals surface area contributed by atoms with Crippen molar-refractivity contribution in [2.24, 2.45) is 0 Å². The Kier molecular flexibility index (Phi) is 2.79. The monoisotopic (exact) mass is 259 g/mol. The largest absolute Gasteiger partial charge is 0.298 e. The maximum absolute atomic E-state index is 14.0. The molecular formula is C14H11F2N3. The molecule has 1 aromatic carbocycles. The first-order valence-electron chi connectivity index (χ1n) is 6.15. The fourth-order valence-corrected chi connectivity index (χ4v) is 2.52. The molecule has 3 rings (SSSR count). The van der Waals surface area contributed by atoms with Crippen molar-refractivity contribution in [1.82, 2.24) is 9.55 Å². The summed E-state index contributed by atoms with van der Waals surface area (Å²) in [6.07, 6.45) is 5.14. The van der Waals surface area contributed by atoms with Crippen LogP contribution in [0.15, 0.2) is 18.5 Å². The number of nitriles is 1. The van der Waals surface area contributed by atoms with Gasteiger partial charge in [-0.05, 0) is 37.8 Å². The van der Waals surface area contributed by atoms with Crippen molar-refractivity contribution >= 4 is 0 Å². The van der Waals surface area contributed by atoms with Crippen LogP contribution < -0.4 is 0 Å². The molecule has 0 amide bonds. The van der Waals surface area contributed by atoms with E-state index >= 15 is 0 Å². The van der Waals surface area contributed by atoms with Crippen LogP contribution in [-0.4, -0.2) is 9.55 Å². The molecule has 1 aromatic heterocycles. The van der Waals surface area contributed by atoms with Gasteiger partial charge in [0.1, 0.15) is 5.69 Å². The van der Waals surface area contributed by atoms with E-state index in [-0.39, 0.29) is 11.3 Å². The van der Waals surface area contributed by atoms with E-state index in [4.69, 9.17) is 5.26 Å². The molecule has 96 valence electrons. The molecule has 3 nitrogen and oxygen atoms in total. The highest BCUT2D eigenvalue weighted by molar-refractivity contribution is 5.44. The number of fused-ring (bicyclic) bond motifs is 1. The molecule has 0 N–H and O–H groups in total. The van der Waals surface area contributed by atoms with Gasteiger partial charge in [-0.3, -0.25) is 4.57 Å². The minimum atomic E-state index is -0.734. The molecule has 1 aliphatic carbocycles. The fraction of sp³-hybridized carbons (Fsp3) is 0.286. The van der Waals surface area contributed by atoms with Gasteiger partial charge in [0.15, 0.2) is 11.6 Å². The van der Waals surface area contributed by atoms with Gasteiger partial charge in [-0.15, -0.1) is 0 Å². The lowest BCUT2D eigenvalue weighted by molar-refractivity contribution is 0.561. The Balaban J connectivity index is 2.18. The SMILES string of the molecule is N#Cc1cc(F)c(-n2cnc3c2CCCC3)c(F)c1. The minimum absolute atomic E-state index is 0.0206. The number of imidazole rings is 1. The second-order valence-electron chi connectivity index (χ2n) is 4.62. The summed E-state index contributed by atoms with van der Waals surface area (Å²) in [4.78, 5) is 4.22. The maximum atomic E-state index is 14.0. The van der Waals surface area contributed by atoms with Crippen LogP contribution in [0, 0.1) is 23.0 Å². The minimum Gasteiger partial charge on any atom is -0.298 e. The Morgan fingerprint density at radius 2 is 1.84 bits per heavy atom. The Bertz CT molecular complexity index is 659. The third kappa shape index (κ3) is 1.89. The summed E-state index contributed by atoms with van der Waals surface area (Å²) in [6.45, 7) is 0. The smallest absolute Gasteiger partial charge is 0.151 e. The number of hydrogen-bond donors (Lipinski definition) is 0. The summed E-state index contributed by atoms with van der Waals surface area (Å²) in [5.41, 5.74) is 1.62. The Labute approximate surface area is 109 Å². The van der Waals surface area contributed by atoms with Crippen molar-refractivity contribution in [2.75, 3.05) is 0 Å². The summed E-state index contributed by atoms with van der Waals surface area (Å²) in [6, 6.07) is 3.84. The lowest BCUT2D eigenvalue weighted by atomic mass is 10.0. The van der Waals surface area contributed by atoms with E-state index in [0.717, 1.165) is 49.2 Å². The molecule has 0 fully saturated rings. The topological polar surface area (TPSA) is 41.6 Å². The predicted octanol–water partition coefficient (Wildman–Crippen LogP) is 2.90. The average Bonchev–Trinajstić information content (AvgIpc) is 2.82. The van der Waals surface area contributed by atoms with Crippen molar-refractivity contribution in [2.45, 2.75) is 25.7 Å². The number of rotatable bonds is 1. The number of benzene rings is 1. The molecule has 0 radical (unpaired) electrons. The second-order valence-corrected chi connectivity index (χ2v) is 4.62. The average molecular weight is 259 g/mol. The van der Waals surface area contributed by atoms with E-state index in [1.54, 1.807) is 6.07 Å². The lowest BCUT2D eigenvalue weighted by Gasteiger charge is -2.15. The second kappa shape index (κ2) is 4.47. The molecule has 19 heavy (non-hydrogen) atoms. The van der Waals surface area contributed by atoms with Crippen LogP contribution in [0.25, 0.3) is 5.69 Å². The highest BCUT2D eigenvalue weighted by atomic mass is 19.1. The number of halogens is 2. The van der Waals surface area contributed by atoms with E-state index in [1.807, 2.05) is 0 Å². The highest BCUT2D eigenvalue weighted by Gasteiger charge is 2.20. The van der Waals surface area contributed by atoms with Crippen molar-refractivity contribution < 1.29 is 8.78 Å². The zero-order valence-electron chi connectivity index (χ0n) is 10.2. The fourth-order valence-electron chi connectivity index (χ4n) is 2.52. The molecule has 1 aliphatic rings. The Hall–Kier alpha value is -2.22. The number of aryl methyl sites for hydroxylation is 1. The van der Waals surface area contributed by atoms with Gasteiger partial charge in [-0.25, -0.2) is 13.8 Å². The summed E-state index contributed by atoms with van der Waals surface area (Å²) in [5, 5.41) is 8.70. The van der Waals surface area contributed by atoms with Crippen molar-refractivity contribution in [3.8, 4) is 11.8 Å². The maximum Gasteiger partial charge on any atom is 0.151 e. The van der Waals surface area contributed by atoms with E-state index < -0.39 is 11.6 Å².